The zero-order chi connectivity index (χ0) is 8.81. The molecule has 0 aliphatic heterocycles. The third-order valence-electron chi connectivity index (χ3n) is 1.49. The number of hydrogen-bond donors (Lipinski definition) is 1. The first-order valence-electron chi connectivity index (χ1n) is 3.84. The molecule has 0 amide bonds. The van der Waals surface area contributed by atoms with Crippen molar-refractivity contribution in [1.82, 2.24) is 5.32 Å². The van der Waals surface area contributed by atoms with Gasteiger partial charge < -0.3 is 5.32 Å². The smallest absolute Gasteiger partial charge is 0.0206 e. The average molecular weight is 340 g/mol. The monoisotopic (exact) mass is 339 g/mol. The van der Waals surface area contributed by atoms with E-state index in [0.29, 0.717) is 0 Å². The Kier molecular flexibility index (Phi) is 5.18. The predicted molar refractivity (Wildman–Crippen MR) is 64.7 cm³/mol. The van der Waals surface area contributed by atoms with Crippen molar-refractivity contribution < 1.29 is 0 Å². The van der Waals surface area contributed by atoms with Crippen LogP contribution in [0.3, 0.4) is 0 Å². The molecule has 1 nitrogen and oxygen atoms in total. The van der Waals surface area contributed by atoms with E-state index in [1.54, 1.807) is 0 Å². The highest BCUT2D eigenvalue weighted by Crippen LogP contribution is 2.11. The van der Waals surface area contributed by atoms with E-state index < -0.39 is 0 Å². The lowest BCUT2D eigenvalue weighted by Crippen LogP contribution is -2.15. The first-order chi connectivity index (χ1) is 5.83. The topological polar surface area (TPSA) is 12.0 Å². The van der Waals surface area contributed by atoms with E-state index >= 15 is 0 Å². The molecule has 1 rings (SSSR count). The van der Waals surface area contributed by atoms with E-state index in [0.717, 1.165) is 22.0 Å². The molecule has 0 spiro atoms. The van der Waals surface area contributed by atoms with Crippen molar-refractivity contribution in [2.45, 2.75) is 6.54 Å². The van der Waals surface area contributed by atoms with E-state index in [2.05, 4.69) is 62.0 Å². The minimum Gasteiger partial charge on any atom is -0.312 e. The van der Waals surface area contributed by atoms with E-state index in [-0.39, 0.29) is 0 Å². The van der Waals surface area contributed by atoms with Crippen molar-refractivity contribution in [3.63, 3.8) is 0 Å². The van der Waals surface area contributed by atoms with Crippen LogP contribution in [-0.2, 0) is 6.54 Å². The highest BCUT2D eigenvalue weighted by atomic mass is 127. The lowest BCUT2D eigenvalue weighted by Gasteiger charge is -2.02. The van der Waals surface area contributed by atoms with Gasteiger partial charge in [0, 0.05) is 22.0 Å². The Labute approximate surface area is 95.2 Å². The van der Waals surface area contributed by atoms with E-state index in [9.17, 15) is 0 Å². The molecule has 12 heavy (non-hydrogen) atoms. The highest BCUT2D eigenvalue weighted by Gasteiger charge is 1.91. The van der Waals surface area contributed by atoms with Crippen molar-refractivity contribution in [2.24, 2.45) is 0 Å². The van der Waals surface area contributed by atoms with Gasteiger partial charge in [-0.25, -0.2) is 0 Å². The lowest BCUT2D eigenvalue weighted by atomic mass is 10.2. The van der Waals surface area contributed by atoms with Crippen molar-refractivity contribution in [3.05, 3.63) is 34.3 Å². The molecule has 0 aliphatic carbocycles. The number of halogens is 2. The fourth-order valence-electron chi connectivity index (χ4n) is 0.946. The summed E-state index contributed by atoms with van der Waals surface area (Å²) in [6.07, 6.45) is 0. The van der Waals surface area contributed by atoms with Gasteiger partial charge in [-0.3, -0.25) is 0 Å². The maximum atomic E-state index is 3.44. The maximum absolute atomic E-state index is 3.44. The molecular formula is C9H11BrIN. The average Bonchev–Trinajstić information content (AvgIpc) is 2.05. The van der Waals surface area contributed by atoms with E-state index in [4.69, 9.17) is 0 Å². The van der Waals surface area contributed by atoms with Crippen LogP contribution in [-0.4, -0.2) is 11.0 Å². The second kappa shape index (κ2) is 5.94. The van der Waals surface area contributed by atoms with Crippen LogP contribution in [0.2, 0.25) is 0 Å². The van der Waals surface area contributed by atoms with Crippen LogP contribution >= 0.6 is 38.5 Å². The summed E-state index contributed by atoms with van der Waals surface area (Å²) in [5, 5.41) is 3.35. The zero-order valence-corrected chi connectivity index (χ0v) is 10.4. The summed E-state index contributed by atoms with van der Waals surface area (Å²) in [7, 11) is 0. The summed E-state index contributed by atoms with van der Waals surface area (Å²) >= 11 is 5.81. The Hall–Kier alpha value is 0.390. The fraction of sp³-hybridized carbons (Fsp3) is 0.333. The molecule has 3 heteroatoms. The van der Waals surface area contributed by atoms with Gasteiger partial charge in [-0.2, -0.15) is 0 Å². The van der Waals surface area contributed by atoms with Gasteiger partial charge >= 0.3 is 0 Å². The molecule has 66 valence electrons. The second-order valence-electron chi connectivity index (χ2n) is 2.50. The van der Waals surface area contributed by atoms with Crippen LogP contribution < -0.4 is 5.32 Å². The van der Waals surface area contributed by atoms with Crippen LogP contribution in [0.5, 0.6) is 0 Å². The summed E-state index contributed by atoms with van der Waals surface area (Å²) in [6, 6.07) is 8.37. The molecule has 0 atom stereocenters. The van der Waals surface area contributed by atoms with Gasteiger partial charge in [0.1, 0.15) is 0 Å². The van der Waals surface area contributed by atoms with Gasteiger partial charge in [-0.05, 0) is 17.7 Å². The predicted octanol–water partition coefficient (Wildman–Crippen LogP) is 2.97. The highest BCUT2D eigenvalue weighted by molar-refractivity contribution is 14.1. The van der Waals surface area contributed by atoms with Crippen LogP contribution in [0.1, 0.15) is 5.56 Å². The third kappa shape index (κ3) is 3.87. The molecular weight excluding hydrogens is 329 g/mol. The molecule has 1 aromatic rings. The Morgan fingerprint density at radius 3 is 2.92 bits per heavy atom. The Morgan fingerprint density at radius 2 is 2.25 bits per heavy atom. The Bertz CT molecular complexity index is 240. The molecule has 0 radical (unpaired) electrons. The molecule has 0 saturated heterocycles. The van der Waals surface area contributed by atoms with Crippen molar-refractivity contribution in [3.8, 4) is 0 Å². The molecule has 0 aromatic heterocycles. The quantitative estimate of drug-likeness (QED) is 0.505. The van der Waals surface area contributed by atoms with Crippen LogP contribution in [0, 0.1) is 0 Å². The Morgan fingerprint density at radius 1 is 1.42 bits per heavy atom. The van der Waals surface area contributed by atoms with Crippen molar-refractivity contribution in [2.75, 3.05) is 11.0 Å². The third-order valence-corrected chi connectivity index (χ3v) is 2.52. The number of hydrogen-bond acceptors (Lipinski definition) is 1. The number of nitrogens with one attached hydrogen (secondary N) is 1. The standard InChI is InChI=1S/C9H11BrIN/c10-9-3-1-2-8(6-9)7-12-5-4-11/h1-3,6,12H,4-5,7H2. The molecule has 0 saturated carbocycles. The van der Waals surface area contributed by atoms with Crippen LogP contribution in [0.25, 0.3) is 0 Å². The first-order valence-corrected chi connectivity index (χ1v) is 6.16. The van der Waals surface area contributed by atoms with E-state index in [1.807, 2.05) is 6.07 Å². The normalized spacial score (nSPS) is 10.2. The fourth-order valence-corrected chi connectivity index (χ4v) is 1.77. The van der Waals surface area contributed by atoms with Gasteiger partial charge in [-0.15, -0.1) is 0 Å². The van der Waals surface area contributed by atoms with Crippen LogP contribution in [0.4, 0.5) is 0 Å². The molecule has 0 heterocycles. The minimum absolute atomic E-state index is 0.961. The van der Waals surface area contributed by atoms with Crippen LogP contribution in [0.15, 0.2) is 28.7 Å². The summed E-state index contributed by atoms with van der Waals surface area (Å²) < 4.78 is 2.31. The largest absolute Gasteiger partial charge is 0.312 e. The summed E-state index contributed by atoms with van der Waals surface area (Å²) in [5.41, 5.74) is 1.33. The first kappa shape index (κ1) is 10.5. The second-order valence-corrected chi connectivity index (χ2v) is 4.49. The summed E-state index contributed by atoms with van der Waals surface area (Å²) in [6.45, 7) is 2.04. The van der Waals surface area contributed by atoms with Gasteiger partial charge in [0.25, 0.3) is 0 Å². The molecule has 1 aromatic carbocycles. The van der Waals surface area contributed by atoms with E-state index in [1.165, 1.54) is 5.56 Å². The number of benzene rings is 1. The number of rotatable bonds is 4. The summed E-state index contributed by atoms with van der Waals surface area (Å²) in [4.78, 5) is 0. The molecule has 0 bridgehead atoms. The molecule has 0 fully saturated rings. The maximum Gasteiger partial charge on any atom is 0.0206 e. The van der Waals surface area contributed by atoms with Crippen molar-refractivity contribution >= 4 is 38.5 Å². The Balaban J connectivity index is 2.41. The molecule has 0 unspecified atom stereocenters. The van der Waals surface area contributed by atoms with Gasteiger partial charge in [0.05, 0.1) is 0 Å². The number of alkyl halides is 1. The minimum atomic E-state index is 0.961. The van der Waals surface area contributed by atoms with Crippen molar-refractivity contribution in [1.29, 1.82) is 0 Å². The molecule has 1 N–H and O–H groups in total. The van der Waals surface area contributed by atoms with Gasteiger partial charge in [0.15, 0.2) is 0 Å². The molecule has 0 aliphatic rings. The van der Waals surface area contributed by atoms with Gasteiger partial charge in [0.2, 0.25) is 0 Å². The van der Waals surface area contributed by atoms with Gasteiger partial charge in [-0.1, -0.05) is 50.7 Å². The zero-order valence-electron chi connectivity index (χ0n) is 6.69. The lowest BCUT2D eigenvalue weighted by molar-refractivity contribution is 0.736. The summed E-state index contributed by atoms with van der Waals surface area (Å²) in [5.74, 6) is 0. The SMILES string of the molecule is Brc1cccc(CNCCI)c1.